The lowest BCUT2D eigenvalue weighted by Gasteiger charge is -2.19. The normalized spacial score (nSPS) is 11.4. The lowest BCUT2D eigenvalue weighted by Crippen LogP contribution is -2.23. The Labute approximate surface area is 168 Å². The maximum absolute atomic E-state index is 13.4. The SMILES string of the molecule is COc1cc(NC(=O)C(c2ccc(F)cc2)c2ccccn2)cc(OC)c1OC. The number of amides is 1. The lowest BCUT2D eigenvalue weighted by molar-refractivity contribution is -0.116. The van der Waals surface area contributed by atoms with Gasteiger partial charge in [0.25, 0.3) is 0 Å². The Morgan fingerprint density at radius 3 is 2.14 bits per heavy atom. The topological polar surface area (TPSA) is 69.7 Å². The minimum Gasteiger partial charge on any atom is -0.493 e. The highest BCUT2D eigenvalue weighted by molar-refractivity contribution is 5.98. The van der Waals surface area contributed by atoms with E-state index in [1.807, 2.05) is 0 Å². The number of nitrogens with one attached hydrogen (secondary N) is 1. The second kappa shape index (κ2) is 9.05. The quantitative estimate of drug-likeness (QED) is 0.653. The number of carbonyl (C=O) groups excluding carboxylic acids is 1. The molecule has 1 heterocycles. The first kappa shape index (κ1) is 20.1. The maximum Gasteiger partial charge on any atom is 0.237 e. The molecule has 2 aromatic carbocycles. The number of ether oxygens (including phenoxy) is 3. The molecule has 6 nitrogen and oxygen atoms in total. The molecule has 0 saturated heterocycles. The number of hydrogen-bond donors (Lipinski definition) is 1. The molecule has 1 amide bonds. The van der Waals surface area contributed by atoms with Gasteiger partial charge in [-0.1, -0.05) is 18.2 Å². The summed E-state index contributed by atoms with van der Waals surface area (Å²) in [6, 6.07) is 14.4. The van der Waals surface area contributed by atoms with E-state index >= 15 is 0 Å². The first-order valence-corrected chi connectivity index (χ1v) is 8.84. The van der Waals surface area contributed by atoms with Crippen molar-refractivity contribution in [3.63, 3.8) is 0 Å². The van der Waals surface area contributed by atoms with Crippen LogP contribution < -0.4 is 19.5 Å². The maximum atomic E-state index is 13.4. The zero-order chi connectivity index (χ0) is 20.8. The highest BCUT2D eigenvalue weighted by Crippen LogP contribution is 2.40. The number of pyridine rings is 1. The van der Waals surface area contributed by atoms with Crippen LogP contribution in [0.5, 0.6) is 17.2 Å². The zero-order valence-electron chi connectivity index (χ0n) is 16.3. The van der Waals surface area contributed by atoms with Gasteiger partial charge in [0.05, 0.1) is 27.0 Å². The predicted molar refractivity (Wildman–Crippen MR) is 107 cm³/mol. The largest absolute Gasteiger partial charge is 0.493 e. The van der Waals surface area contributed by atoms with Gasteiger partial charge in [-0.2, -0.15) is 0 Å². The van der Waals surface area contributed by atoms with Crippen molar-refractivity contribution in [2.24, 2.45) is 0 Å². The molecular formula is C22H21FN2O4. The number of carbonyl (C=O) groups is 1. The number of benzene rings is 2. The number of methoxy groups -OCH3 is 3. The minimum atomic E-state index is -0.726. The third-order valence-corrected chi connectivity index (χ3v) is 4.38. The molecule has 1 unspecified atom stereocenters. The molecule has 3 aromatic rings. The number of nitrogens with zero attached hydrogens (tertiary/aromatic N) is 1. The standard InChI is InChI=1S/C22H21FN2O4/c1-27-18-12-16(13-19(28-2)21(18)29-3)25-22(26)20(17-6-4-5-11-24-17)14-7-9-15(23)10-8-14/h4-13,20H,1-3H3,(H,25,26). The Balaban J connectivity index is 1.98. The van der Waals surface area contributed by atoms with Crippen molar-refractivity contribution in [2.75, 3.05) is 26.6 Å². The number of anilines is 1. The fraction of sp³-hybridized carbons (Fsp3) is 0.182. The van der Waals surface area contributed by atoms with Crippen molar-refractivity contribution in [2.45, 2.75) is 5.92 Å². The Kier molecular flexibility index (Phi) is 6.29. The molecule has 150 valence electrons. The molecule has 0 radical (unpaired) electrons. The van der Waals surface area contributed by atoms with E-state index in [9.17, 15) is 9.18 Å². The molecule has 0 aliphatic carbocycles. The summed E-state index contributed by atoms with van der Waals surface area (Å²) in [5.41, 5.74) is 1.63. The Hall–Kier alpha value is -3.61. The van der Waals surface area contributed by atoms with Crippen molar-refractivity contribution in [3.8, 4) is 17.2 Å². The summed E-state index contributed by atoms with van der Waals surface area (Å²) in [5.74, 6) is -0.177. The van der Waals surface area contributed by atoms with Crippen LogP contribution in [0.2, 0.25) is 0 Å². The van der Waals surface area contributed by atoms with Crippen molar-refractivity contribution >= 4 is 11.6 Å². The van der Waals surface area contributed by atoms with Crippen LogP contribution in [0.3, 0.4) is 0 Å². The van der Waals surface area contributed by atoms with Gasteiger partial charge in [0.2, 0.25) is 11.7 Å². The molecule has 7 heteroatoms. The first-order valence-electron chi connectivity index (χ1n) is 8.84. The van der Waals surface area contributed by atoms with E-state index < -0.39 is 5.92 Å². The van der Waals surface area contributed by atoms with Crippen LogP contribution in [0.1, 0.15) is 17.2 Å². The minimum absolute atomic E-state index is 0.329. The molecule has 0 fully saturated rings. The van der Waals surface area contributed by atoms with Gasteiger partial charge in [0.1, 0.15) is 11.7 Å². The third-order valence-electron chi connectivity index (χ3n) is 4.38. The van der Waals surface area contributed by atoms with Crippen molar-refractivity contribution < 1.29 is 23.4 Å². The van der Waals surface area contributed by atoms with E-state index in [4.69, 9.17) is 14.2 Å². The third kappa shape index (κ3) is 4.45. The summed E-state index contributed by atoms with van der Waals surface area (Å²) < 4.78 is 29.4. The second-order valence-electron chi connectivity index (χ2n) is 6.14. The molecule has 0 bridgehead atoms. The lowest BCUT2D eigenvalue weighted by atomic mass is 9.94. The van der Waals surface area contributed by atoms with Gasteiger partial charge in [-0.25, -0.2) is 4.39 Å². The summed E-state index contributed by atoms with van der Waals surface area (Å²) >= 11 is 0. The highest BCUT2D eigenvalue weighted by atomic mass is 19.1. The van der Waals surface area contributed by atoms with Gasteiger partial charge >= 0.3 is 0 Å². The molecule has 1 aromatic heterocycles. The summed E-state index contributed by atoms with van der Waals surface area (Å²) in [6.45, 7) is 0. The van der Waals surface area contributed by atoms with E-state index in [-0.39, 0.29) is 11.7 Å². The predicted octanol–water partition coefficient (Wildman–Crippen LogP) is 4.02. The molecule has 29 heavy (non-hydrogen) atoms. The first-order chi connectivity index (χ1) is 14.1. The van der Waals surface area contributed by atoms with Crippen molar-refractivity contribution in [1.29, 1.82) is 0 Å². The number of halogens is 1. The molecule has 0 aliphatic rings. The van der Waals surface area contributed by atoms with Crippen LogP contribution in [-0.2, 0) is 4.79 Å². The molecule has 0 saturated carbocycles. The summed E-state index contributed by atoms with van der Waals surface area (Å²) in [4.78, 5) is 17.5. The van der Waals surface area contributed by atoms with E-state index in [1.54, 1.807) is 48.7 Å². The van der Waals surface area contributed by atoms with Gasteiger partial charge < -0.3 is 19.5 Å². The van der Waals surface area contributed by atoms with Crippen LogP contribution >= 0.6 is 0 Å². The van der Waals surface area contributed by atoms with Gasteiger partial charge in [-0.3, -0.25) is 9.78 Å². The Morgan fingerprint density at radius 1 is 0.966 bits per heavy atom. The fourth-order valence-electron chi connectivity index (χ4n) is 3.03. The summed E-state index contributed by atoms with van der Waals surface area (Å²) in [7, 11) is 4.50. The van der Waals surface area contributed by atoms with E-state index in [0.29, 0.717) is 34.2 Å². The average Bonchev–Trinajstić information content (AvgIpc) is 2.75. The molecular weight excluding hydrogens is 375 g/mol. The van der Waals surface area contributed by atoms with Crippen LogP contribution in [0.25, 0.3) is 0 Å². The average molecular weight is 396 g/mol. The van der Waals surface area contributed by atoms with Crippen LogP contribution in [0.4, 0.5) is 10.1 Å². The molecule has 1 atom stereocenters. The molecule has 0 spiro atoms. The number of rotatable bonds is 7. The monoisotopic (exact) mass is 396 g/mol. The van der Waals surface area contributed by atoms with E-state index in [0.717, 1.165) is 0 Å². The summed E-state index contributed by atoms with van der Waals surface area (Å²) in [6.07, 6.45) is 1.61. The Bertz CT molecular complexity index is 953. The number of hydrogen-bond acceptors (Lipinski definition) is 5. The number of aromatic nitrogens is 1. The van der Waals surface area contributed by atoms with E-state index in [1.165, 1.54) is 33.5 Å². The Morgan fingerprint density at radius 2 is 1.62 bits per heavy atom. The zero-order valence-corrected chi connectivity index (χ0v) is 16.3. The van der Waals surface area contributed by atoms with Crippen molar-refractivity contribution in [1.82, 2.24) is 4.98 Å². The molecule has 3 rings (SSSR count). The van der Waals surface area contributed by atoms with Gasteiger partial charge in [-0.05, 0) is 29.8 Å². The second-order valence-corrected chi connectivity index (χ2v) is 6.14. The summed E-state index contributed by atoms with van der Waals surface area (Å²) in [5, 5.41) is 2.87. The molecule has 1 N–H and O–H groups in total. The fourth-order valence-corrected chi connectivity index (χ4v) is 3.03. The molecule has 0 aliphatic heterocycles. The van der Waals surface area contributed by atoms with Crippen LogP contribution in [0.15, 0.2) is 60.8 Å². The smallest absolute Gasteiger partial charge is 0.237 e. The van der Waals surface area contributed by atoms with Crippen LogP contribution in [0, 0.1) is 5.82 Å². The van der Waals surface area contributed by atoms with Gasteiger partial charge in [0.15, 0.2) is 11.5 Å². The highest BCUT2D eigenvalue weighted by Gasteiger charge is 2.25. The van der Waals surface area contributed by atoms with Crippen molar-refractivity contribution in [3.05, 3.63) is 77.9 Å². The van der Waals surface area contributed by atoms with Gasteiger partial charge in [-0.15, -0.1) is 0 Å². The van der Waals surface area contributed by atoms with Crippen LogP contribution in [-0.4, -0.2) is 32.2 Å². The van der Waals surface area contributed by atoms with Gasteiger partial charge in [0, 0.05) is 24.0 Å². The van der Waals surface area contributed by atoms with E-state index in [2.05, 4.69) is 10.3 Å².